The molecule has 0 aliphatic carbocycles. The van der Waals surface area contributed by atoms with Crippen LogP contribution in [-0.4, -0.2) is 85.4 Å². The van der Waals surface area contributed by atoms with Gasteiger partial charge in [0.1, 0.15) is 0 Å². The third kappa shape index (κ3) is 13.0. The normalized spacial score (nSPS) is 11.6. The van der Waals surface area contributed by atoms with Gasteiger partial charge in [0.2, 0.25) is 5.91 Å². The Morgan fingerprint density at radius 3 is 1.89 bits per heavy atom. The molecule has 1 rings (SSSR count). The average Bonchev–Trinajstić information content (AvgIpc) is 2.72. The van der Waals surface area contributed by atoms with E-state index in [4.69, 9.17) is 55.2 Å². The molecule has 0 aliphatic rings. The minimum absolute atomic E-state index is 0.0300. The van der Waals surface area contributed by atoms with E-state index in [9.17, 15) is 34.0 Å². The Hall–Kier alpha value is -2.62. The standard InChI is InChI=1S/C14H18BCl3N2O4.C6H8O7/c1-7(2)3-11(15(23)24)20-12(21)6-19-14(22)9-4-8(16)5-10(17)13(9)18;7-3(8)1-6(13,5(11)12)2-4(9)10/h4-5,7,11,23-24H,3,6H2,1-2H3,(H,19,22)(H,20,21);13H,1-2H2,(H,7,8)(H,9,10)(H,11,12)/t11-;/m0./s1. The van der Waals surface area contributed by atoms with Crippen molar-refractivity contribution >= 4 is 71.6 Å². The maximum absolute atomic E-state index is 12.1. The zero-order valence-electron chi connectivity index (χ0n) is 19.6. The van der Waals surface area contributed by atoms with Gasteiger partial charge < -0.3 is 41.1 Å². The molecular weight excluding hydrogens is 561 g/mol. The number of aliphatic hydroxyl groups is 1. The Labute approximate surface area is 226 Å². The molecule has 0 aliphatic heterocycles. The molecule has 8 N–H and O–H groups in total. The molecular formula is C20H26BCl3N2O11. The van der Waals surface area contributed by atoms with Gasteiger partial charge in [-0.05, 0) is 24.5 Å². The summed E-state index contributed by atoms with van der Waals surface area (Å²) in [5.74, 6) is -6.87. The van der Waals surface area contributed by atoms with E-state index >= 15 is 0 Å². The largest absolute Gasteiger partial charge is 0.481 e. The molecule has 0 radical (unpaired) electrons. The average molecular weight is 588 g/mol. The molecule has 0 fully saturated rings. The van der Waals surface area contributed by atoms with Crippen LogP contribution in [0.1, 0.15) is 43.5 Å². The Balaban J connectivity index is 0.000000845. The lowest BCUT2D eigenvalue weighted by Crippen LogP contribution is -2.50. The summed E-state index contributed by atoms with van der Waals surface area (Å²) in [6, 6.07) is 2.73. The Kier molecular flexibility index (Phi) is 14.5. The number of carboxylic acid groups (broad SMARTS) is 3. The topological polar surface area (TPSA) is 231 Å². The van der Waals surface area contributed by atoms with Gasteiger partial charge in [0, 0.05) is 5.02 Å². The van der Waals surface area contributed by atoms with Crippen molar-refractivity contribution in [2.24, 2.45) is 5.92 Å². The number of nitrogens with one attached hydrogen (secondary N) is 2. The smallest absolute Gasteiger partial charge is 0.475 e. The van der Waals surface area contributed by atoms with Gasteiger partial charge in [-0.1, -0.05) is 48.7 Å². The molecule has 0 bridgehead atoms. The molecule has 1 aromatic rings. The summed E-state index contributed by atoms with van der Waals surface area (Å²) < 4.78 is 0. The summed E-state index contributed by atoms with van der Waals surface area (Å²) in [5.41, 5.74) is -2.69. The predicted molar refractivity (Wildman–Crippen MR) is 132 cm³/mol. The summed E-state index contributed by atoms with van der Waals surface area (Å²) in [5, 5.41) is 57.6. The molecule has 37 heavy (non-hydrogen) atoms. The molecule has 206 valence electrons. The lowest BCUT2D eigenvalue weighted by molar-refractivity contribution is -0.170. The highest BCUT2D eigenvalue weighted by atomic mass is 35.5. The molecule has 0 heterocycles. The predicted octanol–water partition coefficient (Wildman–Crippen LogP) is 0.671. The monoisotopic (exact) mass is 586 g/mol. The van der Waals surface area contributed by atoms with Crippen LogP contribution in [-0.2, 0) is 19.2 Å². The molecule has 0 saturated heterocycles. The van der Waals surface area contributed by atoms with E-state index in [2.05, 4.69) is 10.6 Å². The summed E-state index contributed by atoms with van der Waals surface area (Å²) in [4.78, 5) is 54.4. The summed E-state index contributed by atoms with van der Waals surface area (Å²) >= 11 is 17.6. The summed E-state index contributed by atoms with van der Waals surface area (Å²) in [7, 11) is -1.69. The van der Waals surface area contributed by atoms with Crippen LogP contribution < -0.4 is 10.6 Å². The van der Waals surface area contributed by atoms with Crippen LogP contribution in [0.5, 0.6) is 0 Å². The first-order valence-electron chi connectivity index (χ1n) is 10.4. The van der Waals surface area contributed by atoms with E-state index in [0.29, 0.717) is 6.42 Å². The minimum atomic E-state index is -2.74. The third-order valence-corrected chi connectivity index (χ3v) is 5.38. The van der Waals surface area contributed by atoms with Gasteiger partial charge >= 0.3 is 25.0 Å². The maximum Gasteiger partial charge on any atom is 0.475 e. The van der Waals surface area contributed by atoms with E-state index < -0.39 is 61.2 Å². The lowest BCUT2D eigenvalue weighted by Gasteiger charge is -2.19. The number of carbonyl (C=O) groups is 5. The zero-order chi connectivity index (χ0) is 29.1. The number of amides is 2. The van der Waals surface area contributed by atoms with Crippen LogP contribution in [0.4, 0.5) is 0 Å². The van der Waals surface area contributed by atoms with Crippen molar-refractivity contribution in [2.45, 2.75) is 44.7 Å². The fourth-order valence-corrected chi connectivity index (χ4v) is 3.40. The second-order valence-corrected chi connectivity index (χ2v) is 9.35. The molecule has 2 amide bonds. The van der Waals surface area contributed by atoms with Gasteiger partial charge in [0.05, 0.1) is 40.9 Å². The number of hydrogen-bond acceptors (Lipinski definition) is 8. The zero-order valence-corrected chi connectivity index (χ0v) is 21.8. The van der Waals surface area contributed by atoms with Gasteiger partial charge in [0.25, 0.3) is 5.91 Å². The van der Waals surface area contributed by atoms with Crippen molar-refractivity contribution in [1.29, 1.82) is 0 Å². The van der Waals surface area contributed by atoms with Gasteiger partial charge in [0.15, 0.2) is 5.60 Å². The number of aliphatic carboxylic acids is 3. The van der Waals surface area contributed by atoms with Crippen molar-refractivity contribution in [1.82, 2.24) is 10.6 Å². The second kappa shape index (κ2) is 15.6. The molecule has 17 heteroatoms. The van der Waals surface area contributed by atoms with Crippen molar-refractivity contribution in [3.8, 4) is 0 Å². The van der Waals surface area contributed by atoms with E-state index in [0.717, 1.165) is 0 Å². The summed E-state index contributed by atoms with van der Waals surface area (Å²) in [6.45, 7) is 3.41. The van der Waals surface area contributed by atoms with Gasteiger partial charge in [-0.2, -0.15) is 0 Å². The van der Waals surface area contributed by atoms with E-state index in [1.807, 2.05) is 13.8 Å². The fraction of sp³-hybridized carbons (Fsp3) is 0.450. The fourth-order valence-electron chi connectivity index (χ4n) is 2.71. The van der Waals surface area contributed by atoms with Crippen LogP contribution in [0.3, 0.4) is 0 Å². The van der Waals surface area contributed by atoms with Crippen LogP contribution in [0.2, 0.25) is 15.1 Å². The van der Waals surface area contributed by atoms with Gasteiger partial charge in [-0.25, -0.2) is 4.79 Å². The van der Waals surface area contributed by atoms with E-state index in [1.165, 1.54) is 12.1 Å². The first-order chi connectivity index (χ1) is 16.9. The Morgan fingerprint density at radius 1 is 0.973 bits per heavy atom. The maximum atomic E-state index is 12.1. The van der Waals surface area contributed by atoms with Crippen molar-refractivity contribution in [3.05, 3.63) is 32.8 Å². The highest BCUT2D eigenvalue weighted by molar-refractivity contribution is 6.45. The SMILES string of the molecule is CC(C)C[C@H](NC(=O)CNC(=O)c1cc(Cl)cc(Cl)c1Cl)B(O)O.O=C(O)CC(O)(CC(=O)O)C(=O)O. The first kappa shape index (κ1) is 34.4. The highest BCUT2D eigenvalue weighted by Gasteiger charge is 2.40. The lowest BCUT2D eigenvalue weighted by atomic mass is 9.75. The van der Waals surface area contributed by atoms with Crippen LogP contribution in [0.15, 0.2) is 12.1 Å². The highest BCUT2D eigenvalue weighted by Crippen LogP contribution is 2.29. The number of carboxylic acids is 3. The molecule has 0 spiro atoms. The number of benzene rings is 1. The molecule has 1 atom stereocenters. The second-order valence-electron chi connectivity index (χ2n) is 8.13. The molecule has 0 saturated carbocycles. The van der Waals surface area contributed by atoms with Crippen molar-refractivity contribution in [2.75, 3.05) is 6.54 Å². The van der Waals surface area contributed by atoms with Crippen LogP contribution >= 0.6 is 34.8 Å². The molecule has 0 aromatic heterocycles. The number of rotatable bonds is 12. The van der Waals surface area contributed by atoms with Crippen molar-refractivity contribution < 1.29 is 54.4 Å². The minimum Gasteiger partial charge on any atom is -0.481 e. The third-order valence-electron chi connectivity index (χ3n) is 4.36. The number of carbonyl (C=O) groups excluding carboxylic acids is 2. The number of halogens is 3. The van der Waals surface area contributed by atoms with Gasteiger partial charge in [-0.15, -0.1) is 0 Å². The van der Waals surface area contributed by atoms with Crippen LogP contribution in [0.25, 0.3) is 0 Å². The quantitative estimate of drug-likeness (QED) is 0.125. The molecule has 1 aromatic carbocycles. The number of hydrogen-bond donors (Lipinski definition) is 8. The molecule has 13 nitrogen and oxygen atoms in total. The summed E-state index contributed by atoms with van der Waals surface area (Å²) in [6.07, 6.45) is -1.91. The van der Waals surface area contributed by atoms with E-state index in [-0.39, 0.29) is 33.1 Å². The van der Waals surface area contributed by atoms with E-state index in [1.54, 1.807) is 0 Å². The van der Waals surface area contributed by atoms with Crippen molar-refractivity contribution in [3.63, 3.8) is 0 Å². The Morgan fingerprint density at radius 2 is 1.49 bits per heavy atom. The first-order valence-corrected chi connectivity index (χ1v) is 11.5. The Bertz CT molecular complexity index is 992. The van der Waals surface area contributed by atoms with Crippen LogP contribution in [0, 0.1) is 5.92 Å². The molecule has 0 unspecified atom stereocenters. The van der Waals surface area contributed by atoms with Gasteiger partial charge in [-0.3, -0.25) is 19.2 Å².